The van der Waals surface area contributed by atoms with Gasteiger partial charge in [-0.05, 0) is 31.5 Å². The quantitative estimate of drug-likeness (QED) is 0.806. The molecule has 0 saturated heterocycles. The number of urea groups is 1. The molecule has 112 valence electrons. The van der Waals surface area contributed by atoms with E-state index in [1.807, 2.05) is 20.0 Å². The van der Waals surface area contributed by atoms with Crippen molar-refractivity contribution in [1.29, 1.82) is 0 Å². The molecule has 2 aromatic rings. The van der Waals surface area contributed by atoms with Crippen molar-refractivity contribution < 1.29 is 9.90 Å². The summed E-state index contributed by atoms with van der Waals surface area (Å²) in [4.78, 5) is 11.9. The Bertz CT molecular complexity index is 634. The summed E-state index contributed by atoms with van der Waals surface area (Å²) in [7, 11) is 1.86. The van der Waals surface area contributed by atoms with E-state index in [2.05, 4.69) is 15.7 Å². The average molecular weight is 288 g/mol. The van der Waals surface area contributed by atoms with Gasteiger partial charge in [-0.2, -0.15) is 5.10 Å². The van der Waals surface area contributed by atoms with Gasteiger partial charge >= 0.3 is 6.03 Å². The summed E-state index contributed by atoms with van der Waals surface area (Å²) in [6.45, 7) is 4.06. The Hall–Kier alpha value is -2.34. The van der Waals surface area contributed by atoms with E-state index in [1.54, 1.807) is 36.0 Å². The van der Waals surface area contributed by atoms with Crippen molar-refractivity contribution in [3.63, 3.8) is 0 Å². The summed E-state index contributed by atoms with van der Waals surface area (Å²) in [5.41, 5.74) is 3.40. The van der Waals surface area contributed by atoms with Crippen LogP contribution in [0.1, 0.15) is 29.8 Å². The van der Waals surface area contributed by atoms with Crippen LogP contribution in [0.4, 0.5) is 10.5 Å². The Kier molecular flexibility index (Phi) is 4.59. The lowest BCUT2D eigenvalue weighted by atomic mass is 10.1. The van der Waals surface area contributed by atoms with Crippen LogP contribution in [0.25, 0.3) is 0 Å². The van der Waals surface area contributed by atoms with Crippen LogP contribution in [0.5, 0.6) is 0 Å². The summed E-state index contributed by atoms with van der Waals surface area (Å²) in [5.74, 6) is 0. The van der Waals surface area contributed by atoms with Gasteiger partial charge in [-0.25, -0.2) is 4.79 Å². The van der Waals surface area contributed by atoms with Crippen molar-refractivity contribution in [3.05, 3.63) is 47.3 Å². The van der Waals surface area contributed by atoms with Crippen LogP contribution in [0, 0.1) is 6.92 Å². The molecule has 0 saturated carbocycles. The topological polar surface area (TPSA) is 79.2 Å². The molecule has 6 nitrogen and oxygen atoms in total. The van der Waals surface area contributed by atoms with Crippen LogP contribution >= 0.6 is 0 Å². The molecule has 0 aliphatic rings. The largest absolute Gasteiger partial charge is 0.389 e. The molecular weight excluding hydrogens is 268 g/mol. The van der Waals surface area contributed by atoms with Gasteiger partial charge in [0.25, 0.3) is 0 Å². The summed E-state index contributed by atoms with van der Waals surface area (Å²) < 4.78 is 1.76. The highest BCUT2D eigenvalue weighted by molar-refractivity contribution is 5.89. The number of rotatable bonds is 4. The highest BCUT2D eigenvalue weighted by atomic mass is 16.3. The number of anilines is 1. The molecule has 0 bridgehead atoms. The third-order valence-corrected chi connectivity index (χ3v) is 3.40. The first kappa shape index (κ1) is 15.1. The van der Waals surface area contributed by atoms with E-state index < -0.39 is 6.10 Å². The van der Waals surface area contributed by atoms with Crippen LogP contribution in [0.3, 0.4) is 0 Å². The Balaban J connectivity index is 1.93. The van der Waals surface area contributed by atoms with Crippen molar-refractivity contribution in [2.75, 3.05) is 5.32 Å². The molecule has 6 heteroatoms. The summed E-state index contributed by atoms with van der Waals surface area (Å²) in [5, 5.41) is 19.2. The van der Waals surface area contributed by atoms with E-state index >= 15 is 0 Å². The van der Waals surface area contributed by atoms with E-state index in [0.29, 0.717) is 12.2 Å². The Morgan fingerprint density at radius 2 is 2.24 bits per heavy atom. The maximum absolute atomic E-state index is 11.9. The van der Waals surface area contributed by atoms with Gasteiger partial charge in [0.1, 0.15) is 0 Å². The van der Waals surface area contributed by atoms with Crippen molar-refractivity contribution in [3.8, 4) is 0 Å². The van der Waals surface area contributed by atoms with Gasteiger partial charge < -0.3 is 15.7 Å². The van der Waals surface area contributed by atoms with Gasteiger partial charge in [-0.3, -0.25) is 4.68 Å². The second-order valence-corrected chi connectivity index (χ2v) is 4.99. The summed E-state index contributed by atoms with van der Waals surface area (Å²) in [6, 6.07) is 6.84. The third-order valence-electron chi connectivity index (χ3n) is 3.40. The number of nitrogens with one attached hydrogen (secondary N) is 2. The number of benzene rings is 1. The van der Waals surface area contributed by atoms with Crippen LogP contribution in [0.2, 0.25) is 0 Å². The fraction of sp³-hybridized carbons (Fsp3) is 0.333. The molecule has 0 radical (unpaired) electrons. The zero-order valence-corrected chi connectivity index (χ0v) is 12.4. The fourth-order valence-electron chi connectivity index (χ4n) is 1.94. The fourth-order valence-corrected chi connectivity index (χ4v) is 1.94. The molecular formula is C15H20N4O2. The van der Waals surface area contributed by atoms with Gasteiger partial charge in [0.2, 0.25) is 0 Å². The molecule has 2 rings (SSSR count). The average Bonchev–Trinajstić information content (AvgIpc) is 2.77. The van der Waals surface area contributed by atoms with Crippen molar-refractivity contribution >= 4 is 11.7 Å². The first-order valence-corrected chi connectivity index (χ1v) is 6.77. The Morgan fingerprint density at radius 1 is 1.48 bits per heavy atom. The Morgan fingerprint density at radius 3 is 2.86 bits per heavy atom. The van der Waals surface area contributed by atoms with Gasteiger partial charge in [-0.1, -0.05) is 12.1 Å². The number of aliphatic hydroxyl groups excluding tert-OH is 1. The monoisotopic (exact) mass is 288 g/mol. The molecule has 0 spiro atoms. The SMILES string of the molecule is Cc1c(CNC(=O)Nc2cccc(C(C)O)c2)cnn1C. The number of carbonyl (C=O) groups is 1. The lowest BCUT2D eigenvalue weighted by molar-refractivity contribution is 0.199. The number of carbonyl (C=O) groups excluding carboxylic acids is 1. The second kappa shape index (κ2) is 6.41. The number of hydrogen-bond donors (Lipinski definition) is 3. The number of aromatic nitrogens is 2. The first-order chi connectivity index (χ1) is 9.97. The molecule has 1 aromatic carbocycles. The smallest absolute Gasteiger partial charge is 0.319 e. The maximum atomic E-state index is 11.9. The van der Waals surface area contributed by atoms with Crippen LogP contribution in [0.15, 0.2) is 30.5 Å². The van der Waals surface area contributed by atoms with Crippen LogP contribution in [-0.2, 0) is 13.6 Å². The molecule has 0 fully saturated rings. The first-order valence-electron chi connectivity index (χ1n) is 6.77. The third kappa shape index (κ3) is 3.82. The summed E-state index contributed by atoms with van der Waals surface area (Å²) >= 11 is 0. The predicted molar refractivity (Wildman–Crippen MR) is 80.9 cm³/mol. The molecule has 0 aliphatic carbocycles. The van der Waals surface area contributed by atoms with Crippen molar-refractivity contribution in [2.45, 2.75) is 26.5 Å². The summed E-state index contributed by atoms with van der Waals surface area (Å²) in [6.07, 6.45) is 1.18. The van der Waals surface area contributed by atoms with E-state index in [0.717, 1.165) is 16.8 Å². The van der Waals surface area contributed by atoms with E-state index in [1.165, 1.54) is 0 Å². The van der Waals surface area contributed by atoms with Gasteiger partial charge in [0.05, 0.1) is 12.3 Å². The molecule has 1 aromatic heterocycles. The highest BCUT2D eigenvalue weighted by Crippen LogP contribution is 2.16. The highest BCUT2D eigenvalue weighted by Gasteiger charge is 2.07. The van der Waals surface area contributed by atoms with Crippen LogP contribution < -0.4 is 10.6 Å². The lowest BCUT2D eigenvalue weighted by Crippen LogP contribution is -2.28. The molecule has 0 aliphatic heterocycles. The zero-order valence-electron chi connectivity index (χ0n) is 12.4. The van der Waals surface area contributed by atoms with Gasteiger partial charge in [0.15, 0.2) is 0 Å². The van der Waals surface area contributed by atoms with E-state index in [-0.39, 0.29) is 6.03 Å². The van der Waals surface area contributed by atoms with Gasteiger partial charge in [0, 0.05) is 30.5 Å². The number of nitrogens with zero attached hydrogens (tertiary/aromatic N) is 2. The normalized spacial score (nSPS) is 12.0. The molecule has 1 atom stereocenters. The second-order valence-electron chi connectivity index (χ2n) is 4.99. The van der Waals surface area contributed by atoms with Gasteiger partial charge in [-0.15, -0.1) is 0 Å². The minimum atomic E-state index is -0.562. The van der Waals surface area contributed by atoms with Crippen LogP contribution in [-0.4, -0.2) is 20.9 Å². The lowest BCUT2D eigenvalue weighted by Gasteiger charge is -2.10. The molecule has 1 heterocycles. The van der Waals surface area contributed by atoms with E-state index in [9.17, 15) is 9.90 Å². The minimum Gasteiger partial charge on any atom is -0.389 e. The van der Waals surface area contributed by atoms with E-state index in [4.69, 9.17) is 0 Å². The molecule has 1 unspecified atom stereocenters. The number of amides is 2. The standard InChI is InChI=1S/C15H20N4O2/c1-10-13(9-17-19(10)3)8-16-15(21)18-14-6-4-5-12(7-14)11(2)20/h4-7,9,11,20H,8H2,1-3H3,(H2,16,18,21). The Labute approximate surface area is 123 Å². The molecule has 3 N–H and O–H groups in total. The minimum absolute atomic E-state index is 0.291. The zero-order chi connectivity index (χ0) is 15.4. The number of aryl methyl sites for hydroxylation is 1. The molecule has 21 heavy (non-hydrogen) atoms. The number of aliphatic hydroxyl groups is 1. The van der Waals surface area contributed by atoms with Crippen molar-refractivity contribution in [2.24, 2.45) is 7.05 Å². The predicted octanol–water partition coefficient (Wildman–Crippen LogP) is 2.10. The number of hydrogen-bond acceptors (Lipinski definition) is 3. The maximum Gasteiger partial charge on any atom is 0.319 e. The molecule has 2 amide bonds. The van der Waals surface area contributed by atoms with Crippen molar-refractivity contribution in [1.82, 2.24) is 15.1 Å².